The van der Waals surface area contributed by atoms with Gasteiger partial charge in [-0.05, 0) is 18.9 Å². The molecule has 1 saturated carbocycles. The second kappa shape index (κ2) is 5.38. The minimum atomic E-state index is -2.70. The number of anilines is 1. The summed E-state index contributed by atoms with van der Waals surface area (Å²) in [6, 6.07) is 1.29. The summed E-state index contributed by atoms with van der Waals surface area (Å²) in [6.45, 7) is 1.64. The Morgan fingerprint density at radius 3 is 2.43 bits per heavy atom. The van der Waals surface area contributed by atoms with Crippen LogP contribution < -0.4 is 5.32 Å². The number of carboxylic acid groups (broad SMARTS) is 1. The molecule has 2 N–H and O–H groups in total. The molecule has 0 aliphatic heterocycles. The number of hydrogen-bond donors (Lipinski definition) is 2. The highest BCUT2D eigenvalue weighted by Gasteiger charge is 2.44. The van der Waals surface area contributed by atoms with E-state index >= 15 is 0 Å². The van der Waals surface area contributed by atoms with Gasteiger partial charge in [-0.3, -0.25) is 9.78 Å². The van der Waals surface area contributed by atoms with E-state index in [1.165, 1.54) is 18.5 Å². The maximum atomic E-state index is 13.2. The molecule has 1 heterocycles. The number of carbonyl (C=O) groups excluding carboxylic acids is 1. The van der Waals surface area contributed by atoms with Crippen LogP contribution in [0.4, 0.5) is 14.5 Å². The molecular formula is C14H16F2N2O3. The van der Waals surface area contributed by atoms with Crippen molar-refractivity contribution in [3.8, 4) is 0 Å². The van der Waals surface area contributed by atoms with Gasteiger partial charge in [-0.1, -0.05) is 6.92 Å². The number of pyridine rings is 1. The molecule has 0 aromatic carbocycles. The van der Waals surface area contributed by atoms with Gasteiger partial charge in [-0.25, -0.2) is 13.6 Å². The average molecular weight is 298 g/mol. The van der Waals surface area contributed by atoms with Gasteiger partial charge in [0.25, 0.3) is 0 Å². The molecule has 0 bridgehead atoms. The fourth-order valence-corrected chi connectivity index (χ4v) is 2.30. The van der Waals surface area contributed by atoms with Gasteiger partial charge in [0.2, 0.25) is 11.8 Å². The van der Waals surface area contributed by atoms with Gasteiger partial charge in [0.05, 0.1) is 17.4 Å². The normalized spacial score (nSPS) is 19.8. The minimum Gasteiger partial charge on any atom is -0.478 e. The number of hydrogen-bond acceptors (Lipinski definition) is 3. The quantitative estimate of drug-likeness (QED) is 0.899. The third-order valence-corrected chi connectivity index (χ3v) is 3.88. The predicted molar refractivity (Wildman–Crippen MR) is 71.3 cm³/mol. The molecule has 1 amide bonds. The van der Waals surface area contributed by atoms with Crippen molar-refractivity contribution >= 4 is 17.6 Å². The number of nitrogens with one attached hydrogen (secondary N) is 1. The van der Waals surface area contributed by atoms with Gasteiger partial charge in [0, 0.05) is 24.5 Å². The number of alkyl halides is 2. The van der Waals surface area contributed by atoms with Crippen molar-refractivity contribution < 1.29 is 23.5 Å². The molecule has 1 aliphatic carbocycles. The van der Waals surface area contributed by atoms with Crippen molar-refractivity contribution in [3.05, 3.63) is 24.0 Å². The van der Waals surface area contributed by atoms with E-state index in [9.17, 15) is 18.4 Å². The molecule has 0 atom stereocenters. The first-order valence-corrected chi connectivity index (χ1v) is 6.60. The van der Waals surface area contributed by atoms with Gasteiger partial charge >= 0.3 is 5.97 Å². The molecule has 2 rings (SSSR count). The first kappa shape index (κ1) is 15.3. The molecular weight excluding hydrogens is 282 g/mol. The summed E-state index contributed by atoms with van der Waals surface area (Å²) in [6.07, 6.45) is 2.05. The van der Waals surface area contributed by atoms with Crippen LogP contribution in [0.15, 0.2) is 18.5 Å². The third-order valence-electron chi connectivity index (χ3n) is 3.88. The lowest BCUT2D eigenvalue weighted by Crippen LogP contribution is -2.40. The highest BCUT2D eigenvalue weighted by molar-refractivity contribution is 5.96. The summed E-state index contributed by atoms with van der Waals surface area (Å²) in [5, 5.41) is 11.4. The molecule has 7 heteroatoms. The van der Waals surface area contributed by atoms with Crippen LogP contribution in [-0.4, -0.2) is 27.9 Å². The highest BCUT2D eigenvalue weighted by Crippen LogP contribution is 2.43. The zero-order valence-corrected chi connectivity index (χ0v) is 11.5. The zero-order valence-electron chi connectivity index (χ0n) is 11.5. The van der Waals surface area contributed by atoms with E-state index in [1.807, 2.05) is 0 Å². The Kier molecular flexibility index (Phi) is 3.93. The van der Waals surface area contributed by atoms with Crippen molar-refractivity contribution in [1.29, 1.82) is 0 Å². The molecule has 5 nitrogen and oxygen atoms in total. The van der Waals surface area contributed by atoms with Gasteiger partial charge in [-0.15, -0.1) is 0 Å². The monoisotopic (exact) mass is 298 g/mol. The molecule has 0 unspecified atom stereocenters. The van der Waals surface area contributed by atoms with Gasteiger partial charge in [-0.2, -0.15) is 0 Å². The molecule has 1 fully saturated rings. The summed E-state index contributed by atoms with van der Waals surface area (Å²) in [5.41, 5.74) is -0.674. The van der Waals surface area contributed by atoms with Crippen molar-refractivity contribution in [3.63, 3.8) is 0 Å². The van der Waals surface area contributed by atoms with Crippen molar-refractivity contribution in [2.24, 2.45) is 5.41 Å². The fraction of sp³-hybridized carbons (Fsp3) is 0.500. The smallest absolute Gasteiger partial charge is 0.337 e. The second-order valence-corrected chi connectivity index (χ2v) is 5.64. The van der Waals surface area contributed by atoms with Crippen LogP contribution in [0.3, 0.4) is 0 Å². The maximum Gasteiger partial charge on any atom is 0.337 e. The highest BCUT2D eigenvalue weighted by atomic mass is 19.3. The van der Waals surface area contributed by atoms with Crippen LogP contribution in [0.25, 0.3) is 0 Å². The Morgan fingerprint density at radius 1 is 1.24 bits per heavy atom. The van der Waals surface area contributed by atoms with Crippen LogP contribution in [0.5, 0.6) is 0 Å². The number of carbonyl (C=O) groups is 2. The number of halogens is 2. The first-order valence-electron chi connectivity index (χ1n) is 6.60. The third kappa shape index (κ3) is 3.53. The Bertz CT molecular complexity index is 565. The lowest BCUT2D eigenvalue weighted by Gasteiger charge is -2.35. The summed E-state index contributed by atoms with van der Waals surface area (Å²) in [5.74, 6) is -4.24. The number of rotatable bonds is 3. The average Bonchev–Trinajstić information content (AvgIpc) is 2.42. The van der Waals surface area contributed by atoms with E-state index in [-0.39, 0.29) is 42.8 Å². The van der Waals surface area contributed by atoms with Gasteiger partial charge < -0.3 is 10.4 Å². The molecule has 1 aliphatic rings. The van der Waals surface area contributed by atoms with E-state index in [0.717, 1.165) is 0 Å². The minimum absolute atomic E-state index is 0.0480. The largest absolute Gasteiger partial charge is 0.478 e. The first-order chi connectivity index (χ1) is 9.72. The number of carboxylic acids is 1. The molecule has 1 aromatic rings. The van der Waals surface area contributed by atoms with E-state index in [4.69, 9.17) is 5.11 Å². The molecule has 0 saturated heterocycles. The van der Waals surface area contributed by atoms with E-state index in [0.29, 0.717) is 0 Å². The number of amides is 1. The maximum absolute atomic E-state index is 13.2. The number of aromatic carboxylic acids is 1. The number of aromatic nitrogens is 1. The summed E-state index contributed by atoms with van der Waals surface area (Å²) in [4.78, 5) is 26.8. The van der Waals surface area contributed by atoms with Gasteiger partial charge in [0.1, 0.15) is 0 Å². The molecule has 21 heavy (non-hydrogen) atoms. The van der Waals surface area contributed by atoms with Gasteiger partial charge in [0.15, 0.2) is 0 Å². The van der Waals surface area contributed by atoms with Crippen LogP contribution in [0, 0.1) is 5.41 Å². The van der Waals surface area contributed by atoms with Crippen molar-refractivity contribution in [2.45, 2.75) is 38.5 Å². The fourth-order valence-electron chi connectivity index (χ4n) is 2.30. The zero-order chi connectivity index (χ0) is 15.7. The van der Waals surface area contributed by atoms with Crippen LogP contribution in [0.1, 0.15) is 43.0 Å². The summed E-state index contributed by atoms with van der Waals surface area (Å²) in [7, 11) is 0. The Hall–Kier alpha value is -2.05. The topological polar surface area (TPSA) is 79.3 Å². The SMILES string of the molecule is CC1(C(=O)Nc2cncc(C(=O)O)c2)CCC(F)(F)CC1. The Labute approximate surface area is 120 Å². The van der Waals surface area contributed by atoms with Crippen molar-refractivity contribution in [1.82, 2.24) is 4.98 Å². The van der Waals surface area contributed by atoms with E-state index < -0.39 is 17.3 Å². The summed E-state index contributed by atoms with van der Waals surface area (Å²) < 4.78 is 26.3. The van der Waals surface area contributed by atoms with E-state index in [1.54, 1.807) is 6.92 Å². The second-order valence-electron chi connectivity index (χ2n) is 5.64. The molecule has 0 radical (unpaired) electrons. The molecule has 114 valence electrons. The lowest BCUT2D eigenvalue weighted by atomic mass is 9.73. The lowest BCUT2D eigenvalue weighted by molar-refractivity contribution is -0.132. The Morgan fingerprint density at radius 2 is 1.86 bits per heavy atom. The van der Waals surface area contributed by atoms with Crippen LogP contribution in [-0.2, 0) is 4.79 Å². The predicted octanol–water partition coefficient (Wildman–Crippen LogP) is 2.93. The van der Waals surface area contributed by atoms with Crippen molar-refractivity contribution in [2.75, 3.05) is 5.32 Å². The molecule has 1 aromatic heterocycles. The van der Waals surface area contributed by atoms with E-state index in [2.05, 4.69) is 10.3 Å². The standard InChI is InChI=1S/C14H16F2N2O3/c1-13(2-4-14(15,16)5-3-13)12(21)18-10-6-9(11(19)20)7-17-8-10/h6-8H,2-5H2,1H3,(H,18,21)(H,19,20). The molecule has 0 spiro atoms. The summed E-state index contributed by atoms with van der Waals surface area (Å²) >= 11 is 0. The van der Waals surface area contributed by atoms with Crippen LogP contribution >= 0.6 is 0 Å². The number of nitrogens with zero attached hydrogens (tertiary/aromatic N) is 1. The Balaban J connectivity index is 2.08. The van der Waals surface area contributed by atoms with Crippen LogP contribution in [0.2, 0.25) is 0 Å².